The van der Waals surface area contributed by atoms with Crippen molar-refractivity contribution in [2.24, 2.45) is 5.92 Å². The zero-order chi connectivity index (χ0) is 14.2. The second-order valence-corrected chi connectivity index (χ2v) is 5.61. The molecular formula is C15H17NO4. The summed E-state index contributed by atoms with van der Waals surface area (Å²) in [6.07, 6.45) is 1.94. The van der Waals surface area contributed by atoms with Crippen molar-refractivity contribution in [2.75, 3.05) is 6.54 Å². The maximum atomic E-state index is 12.2. The topological polar surface area (TPSA) is 66.8 Å². The maximum absolute atomic E-state index is 12.2. The van der Waals surface area contributed by atoms with Crippen molar-refractivity contribution in [1.82, 2.24) is 4.90 Å². The lowest BCUT2D eigenvalue weighted by molar-refractivity contribution is -0.141. The summed E-state index contributed by atoms with van der Waals surface area (Å²) in [6, 6.07) is 9.47. The van der Waals surface area contributed by atoms with Gasteiger partial charge in [0.25, 0.3) is 0 Å². The Labute approximate surface area is 117 Å². The van der Waals surface area contributed by atoms with Crippen LogP contribution in [0, 0.1) is 5.92 Å². The molecule has 5 heteroatoms. The van der Waals surface area contributed by atoms with Crippen molar-refractivity contribution in [2.45, 2.75) is 31.4 Å². The lowest BCUT2D eigenvalue weighted by atomic mass is 10.1. The van der Waals surface area contributed by atoms with E-state index in [2.05, 4.69) is 0 Å². The summed E-state index contributed by atoms with van der Waals surface area (Å²) in [5.41, 5.74) is 0.691. The molecule has 0 aromatic heterocycles. The summed E-state index contributed by atoms with van der Waals surface area (Å²) < 4.78 is 5.31. The molecular weight excluding hydrogens is 258 g/mol. The molecule has 1 N–H and O–H groups in total. The molecule has 1 aliphatic carbocycles. The minimum atomic E-state index is -0.824. The van der Waals surface area contributed by atoms with Crippen LogP contribution in [0.1, 0.15) is 24.8 Å². The van der Waals surface area contributed by atoms with Crippen molar-refractivity contribution in [3.63, 3.8) is 0 Å². The number of rotatable bonds is 3. The van der Waals surface area contributed by atoms with E-state index in [4.69, 9.17) is 9.84 Å². The van der Waals surface area contributed by atoms with Gasteiger partial charge in [0.2, 0.25) is 0 Å². The van der Waals surface area contributed by atoms with Crippen LogP contribution in [0.3, 0.4) is 0 Å². The molecule has 1 saturated heterocycles. The molecule has 1 aliphatic heterocycles. The van der Waals surface area contributed by atoms with Crippen LogP contribution < -0.4 is 0 Å². The predicted octanol–water partition coefficient (Wildman–Crippen LogP) is 2.26. The first-order valence-electron chi connectivity index (χ1n) is 6.82. The van der Waals surface area contributed by atoms with Crippen LogP contribution in [-0.2, 0) is 16.1 Å². The number of carboxylic acids is 1. The molecule has 2 aliphatic rings. The van der Waals surface area contributed by atoms with Crippen molar-refractivity contribution in [3.05, 3.63) is 35.9 Å². The fraction of sp³-hybridized carbons (Fsp3) is 0.467. The molecule has 3 rings (SSSR count). The Kier molecular flexibility index (Phi) is 3.12. The smallest absolute Gasteiger partial charge is 0.410 e. The second kappa shape index (κ2) is 4.81. The van der Waals surface area contributed by atoms with Crippen molar-refractivity contribution < 1.29 is 19.4 Å². The summed E-state index contributed by atoms with van der Waals surface area (Å²) in [7, 11) is 0. The van der Waals surface area contributed by atoms with E-state index in [1.165, 1.54) is 0 Å². The molecule has 1 saturated carbocycles. The highest BCUT2D eigenvalue weighted by molar-refractivity contribution is 5.75. The third kappa shape index (κ3) is 2.35. The fourth-order valence-corrected chi connectivity index (χ4v) is 2.90. The number of amides is 1. The van der Waals surface area contributed by atoms with Gasteiger partial charge in [0, 0.05) is 12.1 Å². The van der Waals surface area contributed by atoms with E-state index in [0.717, 1.165) is 18.4 Å². The summed E-state index contributed by atoms with van der Waals surface area (Å²) in [5.74, 6) is -1.28. The van der Waals surface area contributed by atoms with Gasteiger partial charge in [0.05, 0.1) is 5.92 Å². The molecule has 1 aromatic rings. The Hall–Kier alpha value is -2.04. The zero-order valence-electron chi connectivity index (χ0n) is 11.1. The second-order valence-electron chi connectivity index (χ2n) is 5.61. The van der Waals surface area contributed by atoms with Crippen LogP contribution in [0.15, 0.2) is 30.3 Å². The molecule has 1 aromatic carbocycles. The van der Waals surface area contributed by atoms with E-state index >= 15 is 0 Å². The number of carbonyl (C=O) groups excluding carboxylic acids is 1. The summed E-state index contributed by atoms with van der Waals surface area (Å²) >= 11 is 0. The number of hydrogen-bond acceptors (Lipinski definition) is 3. The van der Waals surface area contributed by atoms with Crippen molar-refractivity contribution in [1.29, 1.82) is 0 Å². The fourth-order valence-electron chi connectivity index (χ4n) is 2.90. The number of hydrogen-bond donors (Lipinski definition) is 1. The minimum absolute atomic E-state index is 0.226. The molecule has 0 radical (unpaired) electrons. The Bertz CT molecular complexity index is 524. The number of aliphatic carboxylic acids is 1. The van der Waals surface area contributed by atoms with E-state index in [1.807, 2.05) is 30.3 Å². The molecule has 2 fully saturated rings. The standard InChI is InChI=1S/C15H17NO4/c17-13(18)12-8-15(6-7-15)16(9-12)14(19)20-10-11-4-2-1-3-5-11/h1-5,12H,6-10H2,(H,17,18). The average Bonchev–Trinajstić information content (AvgIpc) is 3.10. The summed E-state index contributed by atoms with van der Waals surface area (Å²) in [4.78, 5) is 24.9. The number of likely N-dealkylation sites (tertiary alicyclic amines) is 1. The first-order valence-corrected chi connectivity index (χ1v) is 6.82. The van der Waals surface area contributed by atoms with E-state index in [9.17, 15) is 9.59 Å². The van der Waals surface area contributed by atoms with E-state index < -0.39 is 18.0 Å². The van der Waals surface area contributed by atoms with Crippen LogP contribution in [-0.4, -0.2) is 34.2 Å². The lowest BCUT2D eigenvalue weighted by Gasteiger charge is -2.23. The van der Waals surface area contributed by atoms with Gasteiger partial charge >= 0.3 is 12.1 Å². The van der Waals surface area contributed by atoms with Gasteiger partial charge in [0.1, 0.15) is 6.61 Å². The van der Waals surface area contributed by atoms with Crippen LogP contribution in [0.2, 0.25) is 0 Å². The third-order valence-electron chi connectivity index (χ3n) is 4.20. The molecule has 20 heavy (non-hydrogen) atoms. The Balaban J connectivity index is 1.61. The number of carbonyl (C=O) groups is 2. The summed E-state index contributed by atoms with van der Waals surface area (Å²) in [5, 5.41) is 9.10. The molecule has 1 atom stereocenters. The van der Waals surface area contributed by atoms with Crippen molar-refractivity contribution in [3.8, 4) is 0 Å². The first-order chi connectivity index (χ1) is 9.61. The molecule has 1 spiro atoms. The first kappa shape index (κ1) is 13.0. The third-order valence-corrected chi connectivity index (χ3v) is 4.20. The van der Waals surface area contributed by atoms with Crippen molar-refractivity contribution >= 4 is 12.1 Å². The quantitative estimate of drug-likeness (QED) is 0.918. The van der Waals surface area contributed by atoms with Crippen LogP contribution in [0.4, 0.5) is 4.79 Å². The normalized spacial score (nSPS) is 22.8. The van der Waals surface area contributed by atoms with Gasteiger partial charge in [-0.15, -0.1) is 0 Å². The van der Waals surface area contributed by atoms with Gasteiger partial charge in [0.15, 0.2) is 0 Å². The van der Waals surface area contributed by atoms with Crippen LogP contribution in [0.25, 0.3) is 0 Å². The highest BCUT2D eigenvalue weighted by Crippen LogP contribution is 2.51. The number of carboxylic acid groups (broad SMARTS) is 1. The highest BCUT2D eigenvalue weighted by Gasteiger charge is 2.58. The van der Waals surface area contributed by atoms with E-state index in [1.54, 1.807) is 4.90 Å². The largest absolute Gasteiger partial charge is 0.481 e. The van der Waals surface area contributed by atoms with E-state index in [-0.39, 0.29) is 18.7 Å². The SMILES string of the molecule is O=C(O)C1CN(C(=O)OCc2ccccc2)C2(CC2)C1. The number of ether oxygens (including phenoxy) is 1. The molecule has 1 amide bonds. The molecule has 1 unspecified atom stereocenters. The van der Waals surface area contributed by atoms with Gasteiger partial charge in [-0.25, -0.2) is 4.79 Å². The van der Waals surface area contributed by atoms with E-state index in [0.29, 0.717) is 6.42 Å². The zero-order valence-corrected chi connectivity index (χ0v) is 11.1. The highest BCUT2D eigenvalue weighted by atomic mass is 16.6. The molecule has 1 heterocycles. The maximum Gasteiger partial charge on any atom is 0.410 e. The number of benzene rings is 1. The molecule has 106 valence electrons. The minimum Gasteiger partial charge on any atom is -0.481 e. The Morgan fingerprint density at radius 2 is 2.00 bits per heavy atom. The van der Waals surface area contributed by atoms with Gasteiger partial charge in [-0.2, -0.15) is 0 Å². The summed E-state index contributed by atoms with van der Waals surface area (Å²) in [6.45, 7) is 0.493. The Morgan fingerprint density at radius 1 is 1.30 bits per heavy atom. The molecule has 5 nitrogen and oxygen atoms in total. The van der Waals surface area contributed by atoms with Gasteiger partial charge in [-0.05, 0) is 24.8 Å². The average molecular weight is 275 g/mol. The van der Waals surface area contributed by atoms with Gasteiger partial charge in [-0.1, -0.05) is 30.3 Å². The van der Waals surface area contributed by atoms with Gasteiger partial charge in [-0.3, -0.25) is 4.79 Å². The van der Waals surface area contributed by atoms with Crippen LogP contribution in [0.5, 0.6) is 0 Å². The lowest BCUT2D eigenvalue weighted by Crippen LogP contribution is -2.37. The molecule has 0 bridgehead atoms. The van der Waals surface area contributed by atoms with Crippen LogP contribution >= 0.6 is 0 Å². The predicted molar refractivity (Wildman–Crippen MR) is 71.0 cm³/mol. The Morgan fingerprint density at radius 3 is 2.60 bits per heavy atom. The number of nitrogens with zero attached hydrogens (tertiary/aromatic N) is 1. The van der Waals surface area contributed by atoms with Gasteiger partial charge < -0.3 is 14.7 Å². The monoisotopic (exact) mass is 275 g/mol.